The third kappa shape index (κ3) is 4.45. The van der Waals surface area contributed by atoms with Gasteiger partial charge in [0.25, 0.3) is 5.91 Å². The molecule has 146 valence electrons. The molecule has 0 aromatic heterocycles. The molecule has 26 heavy (non-hydrogen) atoms. The van der Waals surface area contributed by atoms with Crippen LogP contribution in [-0.4, -0.2) is 63.3 Å². The van der Waals surface area contributed by atoms with Crippen molar-refractivity contribution in [3.05, 3.63) is 29.8 Å². The number of morpholine rings is 1. The second-order valence-corrected chi connectivity index (χ2v) is 7.37. The number of likely N-dealkylation sites (tertiary alicyclic amines) is 1. The highest BCUT2D eigenvalue weighted by Gasteiger charge is 2.38. The molecule has 3 saturated heterocycles. The van der Waals surface area contributed by atoms with Crippen molar-refractivity contribution < 1.29 is 9.53 Å². The molecular weight excluding hydrogens is 373 g/mol. The van der Waals surface area contributed by atoms with Gasteiger partial charge in [-0.3, -0.25) is 4.79 Å². The van der Waals surface area contributed by atoms with Crippen LogP contribution in [0.3, 0.4) is 0 Å². The van der Waals surface area contributed by atoms with E-state index in [0.717, 1.165) is 70.9 Å². The minimum atomic E-state index is 0. The lowest BCUT2D eigenvalue weighted by Crippen LogP contribution is -2.44. The largest absolute Gasteiger partial charge is 0.378 e. The summed E-state index contributed by atoms with van der Waals surface area (Å²) in [5, 5.41) is 3.48. The predicted octanol–water partition coefficient (Wildman–Crippen LogP) is 2.58. The van der Waals surface area contributed by atoms with Crippen LogP contribution in [0.2, 0.25) is 0 Å². The van der Waals surface area contributed by atoms with Crippen LogP contribution < -0.4 is 10.2 Å². The first-order chi connectivity index (χ1) is 11.8. The second kappa shape index (κ2) is 9.27. The van der Waals surface area contributed by atoms with Gasteiger partial charge in [-0.05, 0) is 55.5 Å². The smallest absolute Gasteiger partial charge is 0.253 e. The molecule has 0 atom stereocenters. The number of hydrogen-bond donors (Lipinski definition) is 1. The molecule has 0 unspecified atom stereocenters. The Balaban J connectivity index is 0.00000121. The lowest BCUT2D eigenvalue weighted by atomic mass is 9.78. The minimum Gasteiger partial charge on any atom is -0.378 e. The molecule has 0 bridgehead atoms. The van der Waals surface area contributed by atoms with Crippen molar-refractivity contribution >= 4 is 36.4 Å². The molecule has 0 aliphatic carbocycles. The Morgan fingerprint density at radius 3 is 2.19 bits per heavy atom. The number of piperidine rings is 1. The highest BCUT2D eigenvalue weighted by Crippen LogP contribution is 2.37. The van der Waals surface area contributed by atoms with E-state index in [1.807, 2.05) is 17.0 Å². The molecular formula is C19H29Cl2N3O2. The molecule has 0 saturated carbocycles. The number of nitrogens with one attached hydrogen (secondary N) is 1. The van der Waals surface area contributed by atoms with Crippen LogP contribution in [0, 0.1) is 5.41 Å². The molecule has 1 aromatic rings. The quantitative estimate of drug-likeness (QED) is 0.826. The standard InChI is InChI=1S/C19H27N3O2.2ClH/c23-18(22-9-6-19(7-10-22)5-8-20-15-19)16-1-3-17(4-2-16)21-11-13-24-14-12-21;;/h1-4,20H,5-15H2;2*1H. The van der Waals surface area contributed by atoms with Crippen LogP contribution in [0.5, 0.6) is 0 Å². The molecule has 4 rings (SSSR count). The normalized spacial score (nSPS) is 21.8. The molecule has 1 N–H and O–H groups in total. The van der Waals surface area contributed by atoms with Crippen molar-refractivity contribution in [2.75, 3.05) is 57.4 Å². The molecule has 7 heteroatoms. The summed E-state index contributed by atoms with van der Waals surface area (Å²) in [5.74, 6) is 0.185. The van der Waals surface area contributed by atoms with Gasteiger partial charge < -0.3 is 19.9 Å². The summed E-state index contributed by atoms with van der Waals surface area (Å²) >= 11 is 0. The number of anilines is 1. The highest BCUT2D eigenvalue weighted by atomic mass is 35.5. The van der Waals surface area contributed by atoms with Gasteiger partial charge in [-0.2, -0.15) is 0 Å². The van der Waals surface area contributed by atoms with Gasteiger partial charge in [-0.15, -0.1) is 24.8 Å². The maximum Gasteiger partial charge on any atom is 0.253 e. The Labute approximate surface area is 168 Å². The highest BCUT2D eigenvalue weighted by molar-refractivity contribution is 5.94. The summed E-state index contributed by atoms with van der Waals surface area (Å²) in [7, 11) is 0. The van der Waals surface area contributed by atoms with Gasteiger partial charge in [-0.1, -0.05) is 0 Å². The van der Waals surface area contributed by atoms with Gasteiger partial charge in [0.2, 0.25) is 0 Å². The Morgan fingerprint density at radius 1 is 0.962 bits per heavy atom. The maximum atomic E-state index is 12.8. The maximum absolute atomic E-state index is 12.8. The van der Waals surface area contributed by atoms with Crippen LogP contribution in [0.4, 0.5) is 5.69 Å². The fourth-order valence-electron chi connectivity index (χ4n) is 4.23. The number of nitrogens with zero attached hydrogens (tertiary/aromatic N) is 2. The van der Waals surface area contributed by atoms with Gasteiger partial charge in [0.1, 0.15) is 0 Å². The van der Waals surface area contributed by atoms with Crippen LogP contribution in [0.15, 0.2) is 24.3 Å². The summed E-state index contributed by atoms with van der Waals surface area (Å²) in [5.41, 5.74) is 2.45. The number of benzene rings is 1. The summed E-state index contributed by atoms with van der Waals surface area (Å²) in [6.07, 6.45) is 3.54. The van der Waals surface area contributed by atoms with Gasteiger partial charge >= 0.3 is 0 Å². The third-order valence-electron chi connectivity index (χ3n) is 5.93. The van der Waals surface area contributed by atoms with E-state index in [2.05, 4.69) is 22.3 Å². The summed E-state index contributed by atoms with van der Waals surface area (Å²) in [4.78, 5) is 17.1. The minimum absolute atomic E-state index is 0. The van der Waals surface area contributed by atoms with E-state index in [1.54, 1.807) is 0 Å². The fourth-order valence-corrected chi connectivity index (χ4v) is 4.23. The lowest BCUT2D eigenvalue weighted by molar-refractivity contribution is 0.0607. The van der Waals surface area contributed by atoms with E-state index in [1.165, 1.54) is 12.1 Å². The number of halogens is 2. The van der Waals surface area contributed by atoms with E-state index in [0.29, 0.717) is 5.41 Å². The van der Waals surface area contributed by atoms with E-state index in [-0.39, 0.29) is 30.7 Å². The molecule has 3 aliphatic heterocycles. The fraction of sp³-hybridized carbons (Fsp3) is 0.632. The first-order valence-electron chi connectivity index (χ1n) is 9.19. The van der Waals surface area contributed by atoms with Gasteiger partial charge in [0.15, 0.2) is 0 Å². The van der Waals surface area contributed by atoms with Gasteiger partial charge in [-0.25, -0.2) is 0 Å². The van der Waals surface area contributed by atoms with Crippen molar-refractivity contribution in [1.82, 2.24) is 10.2 Å². The number of hydrogen-bond acceptors (Lipinski definition) is 4. The first kappa shape index (κ1) is 21.3. The number of amides is 1. The Bertz CT molecular complexity index is 575. The van der Waals surface area contributed by atoms with Crippen LogP contribution in [0.25, 0.3) is 0 Å². The number of carbonyl (C=O) groups excluding carboxylic acids is 1. The van der Waals surface area contributed by atoms with Crippen molar-refractivity contribution in [3.8, 4) is 0 Å². The summed E-state index contributed by atoms with van der Waals surface area (Å²) < 4.78 is 5.40. The van der Waals surface area contributed by atoms with E-state index in [9.17, 15) is 4.79 Å². The summed E-state index contributed by atoms with van der Waals surface area (Å²) in [6, 6.07) is 8.11. The zero-order valence-corrected chi connectivity index (χ0v) is 16.7. The van der Waals surface area contributed by atoms with Crippen molar-refractivity contribution in [2.45, 2.75) is 19.3 Å². The molecule has 3 fully saturated rings. The summed E-state index contributed by atoms with van der Waals surface area (Å²) in [6.45, 7) is 7.47. The van der Waals surface area contributed by atoms with Crippen LogP contribution in [-0.2, 0) is 4.74 Å². The number of rotatable bonds is 2. The number of carbonyl (C=O) groups is 1. The molecule has 0 radical (unpaired) electrons. The monoisotopic (exact) mass is 401 g/mol. The average Bonchev–Trinajstić information content (AvgIpc) is 3.11. The predicted molar refractivity (Wildman–Crippen MR) is 109 cm³/mol. The molecule has 3 aliphatic rings. The Morgan fingerprint density at radius 2 is 1.62 bits per heavy atom. The Hall–Kier alpha value is -1.01. The van der Waals surface area contributed by atoms with Gasteiger partial charge in [0.05, 0.1) is 13.2 Å². The van der Waals surface area contributed by atoms with Crippen LogP contribution >= 0.6 is 24.8 Å². The van der Waals surface area contributed by atoms with E-state index >= 15 is 0 Å². The third-order valence-corrected chi connectivity index (χ3v) is 5.93. The van der Waals surface area contributed by atoms with Crippen molar-refractivity contribution in [2.24, 2.45) is 5.41 Å². The lowest BCUT2D eigenvalue weighted by Gasteiger charge is -2.39. The van der Waals surface area contributed by atoms with Crippen LogP contribution in [0.1, 0.15) is 29.6 Å². The van der Waals surface area contributed by atoms with Gasteiger partial charge in [0, 0.05) is 44.0 Å². The zero-order chi connectivity index (χ0) is 16.4. The van der Waals surface area contributed by atoms with E-state index in [4.69, 9.17) is 4.74 Å². The Kier molecular flexibility index (Phi) is 7.59. The molecule has 3 heterocycles. The topological polar surface area (TPSA) is 44.8 Å². The zero-order valence-electron chi connectivity index (χ0n) is 15.1. The van der Waals surface area contributed by atoms with Crippen molar-refractivity contribution in [3.63, 3.8) is 0 Å². The average molecular weight is 402 g/mol. The molecule has 1 amide bonds. The molecule has 5 nitrogen and oxygen atoms in total. The second-order valence-electron chi connectivity index (χ2n) is 7.37. The molecule has 1 aromatic carbocycles. The first-order valence-corrected chi connectivity index (χ1v) is 9.19. The SMILES string of the molecule is Cl.Cl.O=C(c1ccc(N2CCOCC2)cc1)N1CCC2(CCNC2)CC1. The number of ether oxygens (including phenoxy) is 1. The molecule has 1 spiro atoms. The van der Waals surface area contributed by atoms with Crippen molar-refractivity contribution in [1.29, 1.82) is 0 Å². The van der Waals surface area contributed by atoms with E-state index < -0.39 is 0 Å².